The first kappa shape index (κ1) is 7.64. The van der Waals surface area contributed by atoms with Crippen molar-refractivity contribution in [2.24, 2.45) is 11.3 Å². The lowest BCUT2D eigenvalue weighted by molar-refractivity contribution is 0.153. The van der Waals surface area contributed by atoms with Gasteiger partial charge in [-0.3, -0.25) is 0 Å². The molecule has 0 bridgehead atoms. The van der Waals surface area contributed by atoms with Crippen LogP contribution in [0.3, 0.4) is 0 Å². The largest absolute Gasteiger partial charge is 0.0625 e. The first-order chi connectivity index (χ1) is 5.31. The van der Waals surface area contributed by atoms with E-state index in [2.05, 4.69) is 6.92 Å². The Kier molecular flexibility index (Phi) is 1.95. The molecule has 2 saturated carbocycles. The Hall–Kier alpha value is 0. The predicted molar refractivity (Wildman–Crippen MR) is 48.5 cm³/mol. The van der Waals surface area contributed by atoms with Crippen LogP contribution in [0.1, 0.15) is 58.3 Å². The molecule has 0 N–H and O–H groups in total. The normalized spacial score (nSPS) is 36.3. The van der Waals surface area contributed by atoms with Gasteiger partial charge in [0.1, 0.15) is 0 Å². The van der Waals surface area contributed by atoms with E-state index in [1.54, 1.807) is 25.7 Å². The number of hydrogen-bond acceptors (Lipinski definition) is 0. The van der Waals surface area contributed by atoms with E-state index in [9.17, 15) is 0 Å². The van der Waals surface area contributed by atoms with Crippen LogP contribution in [-0.4, -0.2) is 0 Å². The van der Waals surface area contributed by atoms with Crippen molar-refractivity contribution in [1.82, 2.24) is 0 Å². The summed E-state index contributed by atoms with van der Waals surface area (Å²) in [6.45, 7) is 2.44. The van der Waals surface area contributed by atoms with Crippen LogP contribution in [0.15, 0.2) is 0 Å². The summed E-state index contributed by atoms with van der Waals surface area (Å²) in [5.41, 5.74) is 0.845. The van der Waals surface area contributed by atoms with Gasteiger partial charge in [-0.1, -0.05) is 32.6 Å². The van der Waals surface area contributed by atoms with Crippen LogP contribution in [0.5, 0.6) is 0 Å². The van der Waals surface area contributed by atoms with E-state index in [1.165, 1.54) is 25.7 Å². The molecule has 2 aliphatic carbocycles. The molecular weight excluding hydrogens is 132 g/mol. The summed E-state index contributed by atoms with van der Waals surface area (Å²) in [5.74, 6) is 1.03. The topological polar surface area (TPSA) is 0 Å². The summed E-state index contributed by atoms with van der Waals surface area (Å²) in [7, 11) is 0. The molecule has 1 unspecified atom stereocenters. The maximum absolute atomic E-state index is 2.44. The van der Waals surface area contributed by atoms with Crippen molar-refractivity contribution in [3.8, 4) is 0 Å². The second kappa shape index (κ2) is 2.80. The molecule has 2 fully saturated rings. The highest BCUT2D eigenvalue weighted by Crippen LogP contribution is 2.50. The molecule has 0 aromatic rings. The van der Waals surface area contributed by atoms with Gasteiger partial charge in [-0.05, 0) is 37.0 Å². The van der Waals surface area contributed by atoms with Crippen LogP contribution in [0.2, 0.25) is 0 Å². The third kappa shape index (κ3) is 1.45. The van der Waals surface area contributed by atoms with Crippen LogP contribution in [0, 0.1) is 11.3 Å². The van der Waals surface area contributed by atoms with Gasteiger partial charge in [0.05, 0.1) is 0 Å². The monoisotopic (exact) mass is 152 g/mol. The zero-order valence-electron chi connectivity index (χ0n) is 7.73. The van der Waals surface area contributed by atoms with E-state index < -0.39 is 0 Å². The van der Waals surface area contributed by atoms with Crippen LogP contribution in [0.4, 0.5) is 0 Å². The highest BCUT2D eigenvalue weighted by Gasteiger charge is 2.36. The number of hydrogen-bond donors (Lipinski definition) is 0. The lowest BCUT2D eigenvalue weighted by Crippen LogP contribution is -2.24. The van der Waals surface area contributed by atoms with E-state index in [0.29, 0.717) is 0 Å². The summed E-state index contributed by atoms with van der Waals surface area (Å²) in [6, 6.07) is 0. The molecule has 0 aromatic heterocycles. The SMILES string of the molecule is CC1CCCC2(CCCC2)C1. The maximum atomic E-state index is 2.44. The van der Waals surface area contributed by atoms with E-state index in [-0.39, 0.29) is 0 Å². The van der Waals surface area contributed by atoms with Crippen molar-refractivity contribution < 1.29 is 0 Å². The fourth-order valence-electron chi connectivity index (χ4n) is 3.35. The molecule has 11 heavy (non-hydrogen) atoms. The fraction of sp³-hybridized carbons (Fsp3) is 1.00. The van der Waals surface area contributed by atoms with Crippen molar-refractivity contribution in [2.75, 3.05) is 0 Å². The lowest BCUT2D eigenvalue weighted by atomic mass is 9.69. The predicted octanol–water partition coefficient (Wildman–Crippen LogP) is 3.76. The molecule has 2 aliphatic rings. The minimum Gasteiger partial charge on any atom is -0.0625 e. The van der Waals surface area contributed by atoms with E-state index >= 15 is 0 Å². The molecule has 0 nitrogen and oxygen atoms in total. The third-order valence-electron chi connectivity index (χ3n) is 3.85. The van der Waals surface area contributed by atoms with Crippen molar-refractivity contribution in [2.45, 2.75) is 58.3 Å². The molecule has 0 amide bonds. The summed E-state index contributed by atoms with van der Waals surface area (Å²) in [6.07, 6.45) is 12.3. The standard InChI is InChI=1S/C11H20/c1-10-5-4-8-11(9-10)6-2-3-7-11/h10H,2-9H2,1H3. The third-order valence-corrected chi connectivity index (χ3v) is 3.85. The highest BCUT2D eigenvalue weighted by atomic mass is 14.4. The molecule has 0 aliphatic heterocycles. The van der Waals surface area contributed by atoms with Crippen LogP contribution in [-0.2, 0) is 0 Å². The molecule has 1 atom stereocenters. The molecule has 0 heterocycles. The van der Waals surface area contributed by atoms with E-state index in [4.69, 9.17) is 0 Å². The van der Waals surface area contributed by atoms with E-state index in [0.717, 1.165) is 11.3 Å². The van der Waals surface area contributed by atoms with Gasteiger partial charge in [-0.25, -0.2) is 0 Å². The fourth-order valence-corrected chi connectivity index (χ4v) is 3.35. The van der Waals surface area contributed by atoms with Crippen molar-refractivity contribution in [3.05, 3.63) is 0 Å². The molecule has 0 saturated heterocycles. The first-order valence-corrected chi connectivity index (χ1v) is 5.31. The molecule has 0 aromatic carbocycles. The van der Waals surface area contributed by atoms with Gasteiger partial charge in [0, 0.05) is 0 Å². The Balaban J connectivity index is 2.00. The minimum absolute atomic E-state index is 0.845. The summed E-state index contributed by atoms with van der Waals surface area (Å²) >= 11 is 0. The van der Waals surface area contributed by atoms with Gasteiger partial charge >= 0.3 is 0 Å². The Morgan fingerprint density at radius 3 is 2.27 bits per heavy atom. The second-order valence-corrected chi connectivity index (χ2v) is 4.91. The van der Waals surface area contributed by atoms with Gasteiger partial charge in [0.25, 0.3) is 0 Å². The first-order valence-electron chi connectivity index (χ1n) is 5.31. The van der Waals surface area contributed by atoms with Gasteiger partial charge < -0.3 is 0 Å². The quantitative estimate of drug-likeness (QED) is 0.496. The summed E-state index contributed by atoms with van der Waals surface area (Å²) < 4.78 is 0. The molecule has 0 heteroatoms. The average Bonchev–Trinajstić information content (AvgIpc) is 2.37. The summed E-state index contributed by atoms with van der Waals surface area (Å²) in [4.78, 5) is 0. The Bertz CT molecular complexity index is 131. The minimum atomic E-state index is 0.845. The second-order valence-electron chi connectivity index (χ2n) is 4.91. The van der Waals surface area contributed by atoms with Crippen LogP contribution >= 0.6 is 0 Å². The molecule has 1 spiro atoms. The van der Waals surface area contributed by atoms with Gasteiger partial charge in [-0.2, -0.15) is 0 Å². The Morgan fingerprint density at radius 1 is 1.00 bits per heavy atom. The van der Waals surface area contributed by atoms with Crippen molar-refractivity contribution in [3.63, 3.8) is 0 Å². The zero-order chi connectivity index (χ0) is 7.73. The Morgan fingerprint density at radius 2 is 1.64 bits per heavy atom. The lowest BCUT2D eigenvalue weighted by Gasteiger charge is -2.36. The smallest absolute Gasteiger partial charge is 0.0295 e. The Labute approximate surface area is 70.4 Å². The van der Waals surface area contributed by atoms with Gasteiger partial charge in [-0.15, -0.1) is 0 Å². The molecule has 2 rings (SSSR count). The van der Waals surface area contributed by atoms with E-state index in [1.807, 2.05) is 0 Å². The molecule has 64 valence electrons. The van der Waals surface area contributed by atoms with Crippen LogP contribution in [0.25, 0.3) is 0 Å². The number of rotatable bonds is 0. The van der Waals surface area contributed by atoms with Crippen molar-refractivity contribution >= 4 is 0 Å². The summed E-state index contributed by atoms with van der Waals surface area (Å²) in [5, 5.41) is 0. The molecular formula is C11H20. The zero-order valence-corrected chi connectivity index (χ0v) is 7.73. The van der Waals surface area contributed by atoms with Crippen LogP contribution < -0.4 is 0 Å². The maximum Gasteiger partial charge on any atom is -0.0295 e. The average molecular weight is 152 g/mol. The molecule has 0 radical (unpaired) electrons. The highest BCUT2D eigenvalue weighted by molar-refractivity contribution is 4.88. The van der Waals surface area contributed by atoms with Crippen molar-refractivity contribution in [1.29, 1.82) is 0 Å². The van der Waals surface area contributed by atoms with Gasteiger partial charge in [0.15, 0.2) is 0 Å². The van der Waals surface area contributed by atoms with Gasteiger partial charge in [0.2, 0.25) is 0 Å².